The number of rotatable bonds is 4. The van der Waals surface area contributed by atoms with E-state index in [0.29, 0.717) is 44.4 Å². The van der Waals surface area contributed by atoms with Gasteiger partial charge in [-0.15, -0.1) is 0 Å². The molecule has 0 bridgehead atoms. The molecule has 23 heavy (non-hydrogen) atoms. The minimum atomic E-state index is -0.439. The molecule has 1 aromatic carbocycles. The fraction of sp³-hybridized carbons (Fsp3) is 0.611. The lowest BCUT2D eigenvalue weighted by atomic mass is 10.0. The van der Waals surface area contributed by atoms with E-state index in [1.54, 1.807) is 0 Å². The first-order valence-corrected chi connectivity index (χ1v) is 8.38. The predicted molar refractivity (Wildman–Crippen MR) is 86.5 cm³/mol. The lowest BCUT2D eigenvalue weighted by molar-refractivity contribution is -0.181. The van der Waals surface area contributed by atoms with Crippen LogP contribution in [0.5, 0.6) is 5.75 Å². The summed E-state index contributed by atoms with van der Waals surface area (Å²) in [7, 11) is 0. The van der Waals surface area contributed by atoms with Crippen molar-refractivity contribution in [1.29, 1.82) is 0 Å². The number of nitrogens with zero attached hydrogens (tertiary/aromatic N) is 1. The van der Waals surface area contributed by atoms with E-state index in [4.69, 9.17) is 14.2 Å². The van der Waals surface area contributed by atoms with Gasteiger partial charge in [-0.3, -0.25) is 4.79 Å². The topological polar surface area (TPSA) is 48.0 Å². The smallest absolute Gasteiger partial charge is 0.253 e. The highest BCUT2D eigenvalue weighted by Crippen LogP contribution is 2.31. The minimum Gasteiger partial charge on any atom is -0.493 e. The van der Waals surface area contributed by atoms with Gasteiger partial charge in [-0.1, -0.05) is 13.8 Å². The molecule has 126 valence electrons. The molecule has 5 nitrogen and oxygen atoms in total. The monoisotopic (exact) mass is 319 g/mol. The Morgan fingerprint density at radius 2 is 1.78 bits per heavy atom. The molecule has 0 aliphatic carbocycles. The first kappa shape index (κ1) is 16.3. The Morgan fingerprint density at radius 1 is 1.17 bits per heavy atom. The second-order valence-corrected chi connectivity index (χ2v) is 6.63. The van der Waals surface area contributed by atoms with Crippen molar-refractivity contribution in [2.45, 2.75) is 32.5 Å². The Balaban J connectivity index is 1.56. The van der Waals surface area contributed by atoms with E-state index >= 15 is 0 Å². The summed E-state index contributed by atoms with van der Waals surface area (Å²) in [4.78, 5) is 14.5. The van der Waals surface area contributed by atoms with E-state index in [0.717, 1.165) is 18.6 Å². The molecule has 1 spiro atoms. The summed E-state index contributed by atoms with van der Waals surface area (Å²) in [5, 5.41) is 0. The molecule has 0 atom stereocenters. The van der Waals surface area contributed by atoms with E-state index < -0.39 is 5.79 Å². The van der Waals surface area contributed by atoms with E-state index in [2.05, 4.69) is 13.8 Å². The number of hydrogen-bond donors (Lipinski definition) is 0. The zero-order valence-electron chi connectivity index (χ0n) is 13.9. The van der Waals surface area contributed by atoms with Crippen molar-refractivity contribution in [3.63, 3.8) is 0 Å². The predicted octanol–water partition coefficient (Wildman–Crippen LogP) is 2.70. The minimum absolute atomic E-state index is 0.0632. The second-order valence-electron chi connectivity index (χ2n) is 6.63. The van der Waals surface area contributed by atoms with Gasteiger partial charge in [0.05, 0.1) is 19.8 Å². The SMILES string of the molecule is CC(C)COc1ccc(C(=O)N2CCC3(CC2)OCCO3)cc1. The molecular weight excluding hydrogens is 294 g/mol. The lowest BCUT2D eigenvalue weighted by Gasteiger charge is -2.37. The third-order valence-corrected chi connectivity index (χ3v) is 4.31. The maximum Gasteiger partial charge on any atom is 0.253 e. The molecule has 3 rings (SSSR count). The second kappa shape index (κ2) is 6.89. The van der Waals surface area contributed by atoms with Crippen molar-refractivity contribution >= 4 is 5.91 Å². The molecule has 5 heteroatoms. The third kappa shape index (κ3) is 3.85. The van der Waals surface area contributed by atoms with Crippen molar-refractivity contribution in [2.75, 3.05) is 32.9 Å². The van der Waals surface area contributed by atoms with Crippen LogP contribution in [-0.4, -0.2) is 49.5 Å². The molecular formula is C18H25NO4. The van der Waals surface area contributed by atoms with Crippen LogP contribution in [0.2, 0.25) is 0 Å². The molecule has 0 unspecified atom stereocenters. The number of hydrogen-bond acceptors (Lipinski definition) is 4. The fourth-order valence-corrected chi connectivity index (χ4v) is 2.98. The average Bonchev–Trinajstić information content (AvgIpc) is 3.02. The van der Waals surface area contributed by atoms with Crippen molar-refractivity contribution in [2.24, 2.45) is 5.92 Å². The number of ether oxygens (including phenoxy) is 3. The van der Waals surface area contributed by atoms with Crippen molar-refractivity contribution in [1.82, 2.24) is 4.90 Å². The maximum absolute atomic E-state index is 12.6. The van der Waals surface area contributed by atoms with Crippen LogP contribution in [0.4, 0.5) is 0 Å². The highest BCUT2D eigenvalue weighted by atomic mass is 16.7. The van der Waals surface area contributed by atoms with E-state index in [1.165, 1.54) is 0 Å². The number of piperidine rings is 1. The number of benzene rings is 1. The summed E-state index contributed by atoms with van der Waals surface area (Å²) in [5.41, 5.74) is 0.700. The zero-order valence-corrected chi connectivity index (χ0v) is 13.9. The average molecular weight is 319 g/mol. The summed E-state index contributed by atoms with van der Waals surface area (Å²) in [6.45, 7) is 7.56. The Hall–Kier alpha value is -1.59. The fourth-order valence-electron chi connectivity index (χ4n) is 2.98. The zero-order chi connectivity index (χ0) is 16.3. The first-order valence-electron chi connectivity index (χ1n) is 8.38. The molecule has 0 N–H and O–H groups in total. The molecule has 1 aromatic rings. The molecule has 0 saturated carbocycles. The molecule has 1 amide bonds. The van der Waals surface area contributed by atoms with Gasteiger partial charge in [0.15, 0.2) is 5.79 Å². The molecule has 2 aliphatic rings. The van der Waals surface area contributed by atoms with Crippen molar-refractivity contribution in [3.05, 3.63) is 29.8 Å². The van der Waals surface area contributed by atoms with Crippen LogP contribution in [0, 0.1) is 5.92 Å². The Morgan fingerprint density at radius 3 is 2.35 bits per heavy atom. The van der Waals surface area contributed by atoms with Crippen LogP contribution in [-0.2, 0) is 9.47 Å². The van der Waals surface area contributed by atoms with Gasteiger partial charge in [0, 0.05) is 31.5 Å². The maximum atomic E-state index is 12.6. The van der Waals surface area contributed by atoms with Gasteiger partial charge in [-0.2, -0.15) is 0 Å². The van der Waals surface area contributed by atoms with Crippen LogP contribution in [0.15, 0.2) is 24.3 Å². The number of likely N-dealkylation sites (tertiary alicyclic amines) is 1. The Labute approximate surface area is 137 Å². The van der Waals surface area contributed by atoms with Gasteiger partial charge in [-0.05, 0) is 30.2 Å². The van der Waals surface area contributed by atoms with Crippen LogP contribution >= 0.6 is 0 Å². The quantitative estimate of drug-likeness (QED) is 0.856. The van der Waals surface area contributed by atoms with Gasteiger partial charge in [0.2, 0.25) is 0 Å². The summed E-state index contributed by atoms with van der Waals surface area (Å²) in [5.74, 6) is 0.913. The molecule has 2 heterocycles. The third-order valence-electron chi connectivity index (χ3n) is 4.31. The van der Waals surface area contributed by atoms with Crippen molar-refractivity contribution in [3.8, 4) is 5.75 Å². The van der Waals surface area contributed by atoms with Gasteiger partial charge in [0.1, 0.15) is 5.75 Å². The summed E-state index contributed by atoms with van der Waals surface area (Å²) < 4.78 is 17.1. The highest BCUT2D eigenvalue weighted by molar-refractivity contribution is 5.94. The van der Waals surface area contributed by atoms with Gasteiger partial charge in [0.25, 0.3) is 5.91 Å². The molecule has 0 radical (unpaired) electrons. The van der Waals surface area contributed by atoms with Crippen LogP contribution in [0.3, 0.4) is 0 Å². The molecule has 2 saturated heterocycles. The number of carbonyl (C=O) groups excluding carboxylic acids is 1. The number of amides is 1. The number of carbonyl (C=O) groups is 1. The van der Waals surface area contributed by atoms with E-state index in [-0.39, 0.29) is 5.91 Å². The lowest BCUT2D eigenvalue weighted by Crippen LogP contribution is -2.47. The summed E-state index contributed by atoms with van der Waals surface area (Å²) in [6.07, 6.45) is 1.49. The van der Waals surface area contributed by atoms with Gasteiger partial charge < -0.3 is 19.1 Å². The first-order chi connectivity index (χ1) is 11.1. The normalized spacial score (nSPS) is 20.2. The van der Waals surface area contributed by atoms with E-state index in [9.17, 15) is 4.79 Å². The van der Waals surface area contributed by atoms with Crippen LogP contribution in [0.1, 0.15) is 37.0 Å². The largest absolute Gasteiger partial charge is 0.493 e. The summed E-state index contributed by atoms with van der Waals surface area (Å²) >= 11 is 0. The molecule has 2 fully saturated rings. The Kier molecular flexibility index (Phi) is 4.87. The van der Waals surface area contributed by atoms with Crippen molar-refractivity contribution < 1.29 is 19.0 Å². The summed E-state index contributed by atoms with van der Waals surface area (Å²) in [6, 6.07) is 7.41. The Bertz CT molecular complexity index is 524. The van der Waals surface area contributed by atoms with E-state index in [1.807, 2.05) is 29.2 Å². The highest BCUT2D eigenvalue weighted by Gasteiger charge is 2.40. The van der Waals surface area contributed by atoms with Gasteiger partial charge in [-0.25, -0.2) is 0 Å². The van der Waals surface area contributed by atoms with Crippen LogP contribution < -0.4 is 4.74 Å². The molecule has 2 aliphatic heterocycles. The standard InChI is InChI=1S/C18H25NO4/c1-14(2)13-21-16-5-3-15(4-6-16)17(20)19-9-7-18(8-10-19)22-11-12-23-18/h3-6,14H,7-13H2,1-2H3. The molecule has 0 aromatic heterocycles. The van der Waals surface area contributed by atoms with Crippen LogP contribution in [0.25, 0.3) is 0 Å². The van der Waals surface area contributed by atoms with Gasteiger partial charge >= 0.3 is 0 Å².